The lowest BCUT2D eigenvalue weighted by Crippen LogP contribution is -2.47. The van der Waals surface area contributed by atoms with Crippen LogP contribution in [0.5, 0.6) is 0 Å². The second kappa shape index (κ2) is 14.1. The van der Waals surface area contributed by atoms with Gasteiger partial charge in [0.15, 0.2) is 0 Å². The number of amides is 2. The Bertz CT molecular complexity index is 1610. The van der Waals surface area contributed by atoms with Gasteiger partial charge in [0, 0.05) is 29.8 Å². The van der Waals surface area contributed by atoms with E-state index in [1.165, 1.54) is 0 Å². The lowest BCUT2D eigenvalue weighted by molar-refractivity contribution is -0.137. The maximum absolute atomic E-state index is 13.7. The predicted molar refractivity (Wildman–Crippen MR) is 170 cm³/mol. The fourth-order valence-corrected chi connectivity index (χ4v) is 6.13. The minimum Gasteiger partial charge on any atom is -0.444 e. The van der Waals surface area contributed by atoms with Crippen LogP contribution < -0.4 is 10.9 Å². The largest absolute Gasteiger partial charge is 0.444 e. The number of rotatable bonds is 3. The number of alkyl halides is 3. The summed E-state index contributed by atoms with van der Waals surface area (Å²) in [5, 5.41) is 6.49. The van der Waals surface area contributed by atoms with Gasteiger partial charge in [-0.25, -0.2) is 4.79 Å². The second-order valence-electron chi connectivity index (χ2n) is 11.3. The van der Waals surface area contributed by atoms with E-state index in [0.717, 1.165) is 22.7 Å². The standard InChI is InChI=1S/C26H27BrClF3N6O4.2C2H6/c1-24(2,3)41-23(40)35-10-8-25(9-11-35)7-6-17-19(25)20(39)37-22(33-21(27)34-37)36(17)13-18(38)32-16-5-4-14(12-15(16)28)26(29,30)31;2*1-2/h4-5,12H,6-11,13H2,1-3H3,(H,32,38);2*1-2H3. The van der Waals surface area contributed by atoms with E-state index in [-0.39, 0.29) is 33.3 Å². The lowest BCUT2D eigenvalue weighted by atomic mass is 9.74. The number of ether oxygens (including phenoxy) is 1. The van der Waals surface area contributed by atoms with Gasteiger partial charge in [-0.05, 0) is 80.6 Å². The normalized spacial score (nSPS) is 15.5. The summed E-state index contributed by atoms with van der Waals surface area (Å²) in [7, 11) is 0. The monoisotopic (exact) mass is 718 g/mol. The Hall–Kier alpha value is -3.13. The van der Waals surface area contributed by atoms with Gasteiger partial charge < -0.3 is 19.5 Å². The third kappa shape index (κ3) is 7.82. The van der Waals surface area contributed by atoms with Crippen molar-refractivity contribution >= 4 is 51.0 Å². The smallest absolute Gasteiger partial charge is 0.416 e. The summed E-state index contributed by atoms with van der Waals surface area (Å²) < 4.78 is 47.5. The molecule has 15 heteroatoms. The molecule has 0 unspecified atom stereocenters. The zero-order chi connectivity index (χ0) is 33.9. The van der Waals surface area contributed by atoms with Gasteiger partial charge in [-0.15, -0.1) is 5.10 Å². The first-order valence-electron chi connectivity index (χ1n) is 14.9. The number of likely N-dealkylation sites (tertiary alicyclic amines) is 1. The van der Waals surface area contributed by atoms with Crippen LogP contribution >= 0.6 is 27.5 Å². The Morgan fingerprint density at radius 3 is 2.27 bits per heavy atom. The Balaban J connectivity index is 0.00000133. The molecule has 1 saturated heterocycles. The highest BCUT2D eigenvalue weighted by Crippen LogP contribution is 2.45. The molecule has 1 aromatic carbocycles. The Kier molecular flexibility index (Phi) is 11.4. The molecule has 1 spiro atoms. The van der Waals surface area contributed by atoms with Crippen molar-refractivity contribution in [1.29, 1.82) is 0 Å². The maximum atomic E-state index is 13.7. The topological polar surface area (TPSA) is 111 Å². The highest BCUT2D eigenvalue weighted by atomic mass is 79.9. The number of nitrogens with one attached hydrogen (secondary N) is 1. The van der Waals surface area contributed by atoms with E-state index in [1.54, 1.807) is 30.2 Å². The number of fused-ring (bicyclic) bond motifs is 3. The van der Waals surface area contributed by atoms with Crippen molar-refractivity contribution < 1.29 is 27.5 Å². The van der Waals surface area contributed by atoms with E-state index in [1.807, 2.05) is 27.7 Å². The van der Waals surface area contributed by atoms with Gasteiger partial charge in [0.25, 0.3) is 5.56 Å². The molecule has 2 aliphatic rings. The molecule has 0 atom stereocenters. The van der Waals surface area contributed by atoms with Crippen molar-refractivity contribution in [1.82, 2.24) is 24.1 Å². The lowest BCUT2D eigenvalue weighted by Gasteiger charge is -2.39. The average molecular weight is 720 g/mol. The number of hydrogen-bond donors (Lipinski definition) is 1. The van der Waals surface area contributed by atoms with Gasteiger partial charge in [0.2, 0.25) is 16.4 Å². The third-order valence-corrected chi connectivity index (χ3v) is 8.09. The molecule has 1 aliphatic heterocycles. The summed E-state index contributed by atoms with van der Waals surface area (Å²) in [4.78, 5) is 45.4. The zero-order valence-electron chi connectivity index (χ0n) is 26.4. The van der Waals surface area contributed by atoms with Crippen LogP contribution in [0.25, 0.3) is 5.78 Å². The number of aromatic nitrogens is 4. The van der Waals surface area contributed by atoms with Gasteiger partial charge in [0.1, 0.15) is 12.1 Å². The van der Waals surface area contributed by atoms with E-state index in [9.17, 15) is 27.6 Å². The minimum atomic E-state index is -4.58. The van der Waals surface area contributed by atoms with Gasteiger partial charge in [-0.3, -0.25) is 9.59 Å². The van der Waals surface area contributed by atoms with E-state index in [0.29, 0.717) is 50.0 Å². The molecule has 3 aromatic rings. The van der Waals surface area contributed by atoms with Crippen LogP contribution in [0.1, 0.15) is 84.5 Å². The summed E-state index contributed by atoms with van der Waals surface area (Å²) in [6.45, 7) is 13.9. The van der Waals surface area contributed by atoms with E-state index < -0.39 is 34.8 Å². The molecular formula is C30H39BrClF3N6O4. The van der Waals surface area contributed by atoms with Crippen LogP contribution in [-0.2, 0) is 34.1 Å². The summed E-state index contributed by atoms with van der Waals surface area (Å²) in [6, 6.07) is 2.67. The van der Waals surface area contributed by atoms with Crippen molar-refractivity contribution in [3.8, 4) is 0 Å². The van der Waals surface area contributed by atoms with Crippen molar-refractivity contribution in [3.05, 3.63) is 55.1 Å². The Morgan fingerprint density at radius 2 is 1.71 bits per heavy atom. The average Bonchev–Trinajstić information content (AvgIpc) is 3.54. The van der Waals surface area contributed by atoms with Crippen molar-refractivity contribution in [3.63, 3.8) is 0 Å². The first-order chi connectivity index (χ1) is 21.1. The fraction of sp³-hybridized carbons (Fsp3) is 0.567. The second-order valence-corrected chi connectivity index (χ2v) is 12.4. The first-order valence-corrected chi connectivity index (χ1v) is 16.1. The number of halogens is 5. The molecule has 10 nitrogen and oxygen atoms in total. The van der Waals surface area contributed by atoms with Crippen LogP contribution in [0, 0.1) is 0 Å². The molecule has 0 bridgehead atoms. The van der Waals surface area contributed by atoms with Gasteiger partial charge in [0.05, 0.1) is 16.3 Å². The summed E-state index contributed by atoms with van der Waals surface area (Å²) in [5.41, 5.74) is -1.22. The molecule has 45 heavy (non-hydrogen) atoms. The predicted octanol–water partition coefficient (Wildman–Crippen LogP) is 7.23. The molecule has 1 N–H and O–H groups in total. The van der Waals surface area contributed by atoms with Crippen molar-refractivity contribution in [2.24, 2.45) is 0 Å². The molecule has 0 radical (unpaired) electrons. The zero-order valence-corrected chi connectivity index (χ0v) is 28.8. The molecule has 5 rings (SSSR count). The summed E-state index contributed by atoms with van der Waals surface area (Å²) in [6.07, 6.45) is -2.79. The molecular weight excluding hydrogens is 681 g/mol. The minimum absolute atomic E-state index is 0.0204. The Morgan fingerprint density at radius 1 is 1.09 bits per heavy atom. The number of carbonyl (C=O) groups is 2. The number of anilines is 1. The Labute approximate surface area is 273 Å². The number of hydrogen-bond acceptors (Lipinski definition) is 6. The number of carbonyl (C=O) groups excluding carboxylic acids is 2. The third-order valence-electron chi connectivity index (χ3n) is 7.44. The highest BCUT2D eigenvalue weighted by Gasteiger charge is 2.46. The SMILES string of the molecule is CC.CC.CC(C)(C)OC(=O)N1CCC2(CCc3c2c(=O)n2nc(Br)nc2n3CC(=O)Nc2ccc(C(F)(F)F)cc2Cl)CC1. The molecule has 3 heterocycles. The van der Waals surface area contributed by atoms with Crippen molar-refractivity contribution in [2.75, 3.05) is 18.4 Å². The number of benzene rings is 1. The van der Waals surface area contributed by atoms with E-state index >= 15 is 0 Å². The summed E-state index contributed by atoms with van der Waals surface area (Å²) in [5.74, 6) is -0.420. The highest BCUT2D eigenvalue weighted by molar-refractivity contribution is 9.10. The van der Waals surface area contributed by atoms with Crippen LogP contribution in [-0.4, -0.2) is 54.8 Å². The first kappa shape index (κ1) is 36.3. The maximum Gasteiger partial charge on any atom is 0.416 e. The van der Waals surface area contributed by atoms with Gasteiger partial charge >= 0.3 is 12.3 Å². The van der Waals surface area contributed by atoms with E-state index in [2.05, 4.69) is 31.3 Å². The van der Waals surface area contributed by atoms with Gasteiger partial charge in [-0.2, -0.15) is 22.7 Å². The molecule has 1 aliphatic carbocycles. The molecule has 248 valence electrons. The number of nitrogens with zero attached hydrogens (tertiary/aromatic N) is 5. The molecule has 2 aromatic heterocycles. The van der Waals surface area contributed by atoms with E-state index in [4.69, 9.17) is 16.3 Å². The van der Waals surface area contributed by atoms with Crippen molar-refractivity contribution in [2.45, 2.75) is 97.9 Å². The molecule has 2 amide bonds. The fourth-order valence-electron chi connectivity index (χ4n) is 5.59. The quantitative estimate of drug-likeness (QED) is 0.306. The van der Waals surface area contributed by atoms with Crippen LogP contribution in [0.2, 0.25) is 5.02 Å². The number of piperidine rings is 1. The molecule has 0 saturated carbocycles. The van der Waals surface area contributed by atoms with Crippen LogP contribution in [0.15, 0.2) is 27.7 Å². The van der Waals surface area contributed by atoms with Crippen LogP contribution in [0.3, 0.4) is 0 Å². The van der Waals surface area contributed by atoms with Crippen LogP contribution in [0.4, 0.5) is 23.7 Å². The molecule has 1 fully saturated rings. The van der Waals surface area contributed by atoms with Gasteiger partial charge in [-0.1, -0.05) is 39.3 Å². The summed E-state index contributed by atoms with van der Waals surface area (Å²) >= 11 is 9.24.